The third-order valence-corrected chi connectivity index (χ3v) is 11.4. The van der Waals surface area contributed by atoms with Crippen molar-refractivity contribution in [1.82, 2.24) is 0 Å². The summed E-state index contributed by atoms with van der Waals surface area (Å²) in [6.07, 6.45) is 68.5. The zero-order chi connectivity index (χ0) is 47.2. The van der Waals surface area contributed by atoms with E-state index in [-0.39, 0.29) is 31.1 Å². The Morgan fingerprint density at radius 1 is 0.323 bits per heavy atom. The van der Waals surface area contributed by atoms with E-state index in [0.717, 1.165) is 128 Å². The maximum atomic E-state index is 12.8. The second-order valence-corrected chi connectivity index (χ2v) is 17.7. The first-order valence-electron chi connectivity index (χ1n) is 27.1. The van der Waals surface area contributed by atoms with Gasteiger partial charge < -0.3 is 14.2 Å². The number of esters is 3. The van der Waals surface area contributed by atoms with Crippen molar-refractivity contribution in [3.05, 3.63) is 85.1 Å². The quantitative estimate of drug-likeness (QED) is 0.0262. The zero-order valence-corrected chi connectivity index (χ0v) is 42.5. The molecule has 0 amide bonds. The van der Waals surface area contributed by atoms with Crippen molar-refractivity contribution < 1.29 is 28.6 Å². The molecule has 0 spiro atoms. The van der Waals surface area contributed by atoms with Gasteiger partial charge >= 0.3 is 17.9 Å². The molecule has 0 radical (unpaired) electrons. The summed E-state index contributed by atoms with van der Waals surface area (Å²) in [4.78, 5) is 38.0. The molecule has 1 atom stereocenters. The highest BCUT2D eigenvalue weighted by Gasteiger charge is 2.19. The summed E-state index contributed by atoms with van der Waals surface area (Å²) in [7, 11) is 0. The third-order valence-electron chi connectivity index (χ3n) is 11.4. The molecule has 0 aromatic heterocycles. The van der Waals surface area contributed by atoms with Crippen molar-refractivity contribution in [3.63, 3.8) is 0 Å². The monoisotopic (exact) mass is 905 g/mol. The molecule has 6 nitrogen and oxygen atoms in total. The van der Waals surface area contributed by atoms with Gasteiger partial charge in [-0.1, -0.05) is 228 Å². The van der Waals surface area contributed by atoms with E-state index in [4.69, 9.17) is 14.2 Å². The van der Waals surface area contributed by atoms with Gasteiger partial charge in [-0.3, -0.25) is 14.4 Å². The molecule has 6 heteroatoms. The van der Waals surface area contributed by atoms with Crippen LogP contribution in [-0.4, -0.2) is 37.2 Å². The SMILES string of the molecule is CC/C=C\C/C=C\C/C=C\C/C=C\CCCCCCCCCCC(=O)OCC(COC(=O)CCCCCCCCCCCCC)OC(=O)CCCCCCC/C=C\C/C=C\C/C=C\CC. The largest absolute Gasteiger partial charge is 0.462 e. The van der Waals surface area contributed by atoms with Crippen LogP contribution >= 0.6 is 0 Å². The van der Waals surface area contributed by atoms with Crippen LogP contribution in [0, 0.1) is 0 Å². The fourth-order valence-corrected chi connectivity index (χ4v) is 7.39. The van der Waals surface area contributed by atoms with Crippen LogP contribution in [0.2, 0.25) is 0 Å². The molecule has 0 rings (SSSR count). The second-order valence-electron chi connectivity index (χ2n) is 17.7. The summed E-state index contributed by atoms with van der Waals surface area (Å²) in [5.41, 5.74) is 0. The highest BCUT2D eigenvalue weighted by atomic mass is 16.6. The van der Waals surface area contributed by atoms with Crippen molar-refractivity contribution in [2.24, 2.45) is 0 Å². The third kappa shape index (κ3) is 51.4. The fourth-order valence-electron chi connectivity index (χ4n) is 7.39. The minimum absolute atomic E-state index is 0.0848. The smallest absolute Gasteiger partial charge is 0.306 e. The van der Waals surface area contributed by atoms with E-state index in [1.807, 2.05) is 0 Å². The van der Waals surface area contributed by atoms with E-state index >= 15 is 0 Å². The van der Waals surface area contributed by atoms with Gasteiger partial charge in [-0.05, 0) is 89.9 Å². The van der Waals surface area contributed by atoms with Crippen LogP contribution in [0.15, 0.2) is 85.1 Å². The van der Waals surface area contributed by atoms with Crippen LogP contribution in [0.25, 0.3) is 0 Å². The van der Waals surface area contributed by atoms with E-state index in [2.05, 4.69) is 106 Å². The van der Waals surface area contributed by atoms with Gasteiger partial charge in [-0.25, -0.2) is 0 Å². The van der Waals surface area contributed by atoms with Gasteiger partial charge in [0, 0.05) is 19.3 Å². The maximum Gasteiger partial charge on any atom is 0.306 e. The molecular weight excluding hydrogens is 805 g/mol. The second kappa shape index (κ2) is 53.2. The van der Waals surface area contributed by atoms with E-state index in [1.54, 1.807) is 0 Å². The number of rotatable bonds is 48. The minimum Gasteiger partial charge on any atom is -0.462 e. The molecule has 0 aliphatic rings. The Balaban J connectivity index is 4.36. The molecule has 372 valence electrons. The first kappa shape index (κ1) is 61.6. The molecule has 65 heavy (non-hydrogen) atoms. The predicted octanol–water partition coefficient (Wildman–Crippen LogP) is 18.0. The van der Waals surface area contributed by atoms with Crippen molar-refractivity contribution in [2.45, 2.75) is 258 Å². The normalized spacial score (nSPS) is 12.7. The highest BCUT2D eigenvalue weighted by Crippen LogP contribution is 2.15. The molecule has 0 N–H and O–H groups in total. The lowest BCUT2D eigenvalue weighted by atomic mass is 10.1. The van der Waals surface area contributed by atoms with Crippen LogP contribution in [0.5, 0.6) is 0 Å². The highest BCUT2D eigenvalue weighted by molar-refractivity contribution is 5.71. The van der Waals surface area contributed by atoms with Gasteiger partial charge in [0.2, 0.25) is 0 Å². The Morgan fingerprint density at radius 3 is 0.938 bits per heavy atom. The summed E-state index contributed by atoms with van der Waals surface area (Å²) in [6, 6.07) is 0. The van der Waals surface area contributed by atoms with Gasteiger partial charge in [-0.15, -0.1) is 0 Å². The summed E-state index contributed by atoms with van der Waals surface area (Å²) in [5, 5.41) is 0. The fraction of sp³-hybridized carbons (Fsp3) is 0.712. The van der Waals surface area contributed by atoms with Gasteiger partial charge in [0.15, 0.2) is 6.10 Å². The van der Waals surface area contributed by atoms with Gasteiger partial charge in [0.1, 0.15) is 13.2 Å². The number of ether oxygens (including phenoxy) is 3. The molecule has 0 saturated heterocycles. The Kier molecular flexibility index (Phi) is 50.4. The molecule has 0 heterocycles. The molecule has 0 fully saturated rings. The Morgan fingerprint density at radius 2 is 0.600 bits per heavy atom. The Hall–Kier alpha value is -3.41. The predicted molar refractivity (Wildman–Crippen MR) is 279 cm³/mol. The summed E-state index contributed by atoms with van der Waals surface area (Å²) < 4.78 is 16.8. The van der Waals surface area contributed by atoms with Crippen LogP contribution in [-0.2, 0) is 28.6 Å². The molecule has 0 saturated carbocycles. The van der Waals surface area contributed by atoms with Crippen molar-refractivity contribution in [3.8, 4) is 0 Å². The van der Waals surface area contributed by atoms with Gasteiger partial charge in [0.25, 0.3) is 0 Å². The number of hydrogen-bond acceptors (Lipinski definition) is 6. The van der Waals surface area contributed by atoms with Crippen LogP contribution in [0.1, 0.15) is 252 Å². The van der Waals surface area contributed by atoms with Crippen LogP contribution in [0.4, 0.5) is 0 Å². The number of allylic oxidation sites excluding steroid dienone is 14. The number of unbranched alkanes of at least 4 members (excludes halogenated alkanes) is 23. The van der Waals surface area contributed by atoms with Gasteiger partial charge in [-0.2, -0.15) is 0 Å². The van der Waals surface area contributed by atoms with Crippen molar-refractivity contribution in [1.29, 1.82) is 0 Å². The zero-order valence-electron chi connectivity index (χ0n) is 42.5. The number of hydrogen-bond donors (Lipinski definition) is 0. The molecule has 0 aliphatic heterocycles. The summed E-state index contributed by atoms with van der Waals surface area (Å²) >= 11 is 0. The lowest BCUT2D eigenvalue weighted by Crippen LogP contribution is -2.30. The molecule has 0 aromatic carbocycles. The first-order valence-corrected chi connectivity index (χ1v) is 27.1. The number of carbonyl (C=O) groups is 3. The summed E-state index contributed by atoms with van der Waals surface area (Å²) in [5.74, 6) is -0.908. The van der Waals surface area contributed by atoms with Crippen molar-refractivity contribution >= 4 is 17.9 Å². The summed E-state index contributed by atoms with van der Waals surface area (Å²) in [6.45, 7) is 6.39. The van der Waals surface area contributed by atoms with E-state index in [1.165, 1.54) is 83.5 Å². The molecule has 1 unspecified atom stereocenters. The van der Waals surface area contributed by atoms with E-state index in [0.29, 0.717) is 19.3 Å². The minimum atomic E-state index is -0.787. The van der Waals surface area contributed by atoms with Crippen LogP contribution < -0.4 is 0 Å². The lowest BCUT2D eigenvalue weighted by Gasteiger charge is -2.18. The molecular formula is C59H100O6. The maximum absolute atomic E-state index is 12.8. The average molecular weight is 905 g/mol. The lowest BCUT2D eigenvalue weighted by molar-refractivity contribution is -0.167. The van der Waals surface area contributed by atoms with Crippen molar-refractivity contribution in [2.75, 3.05) is 13.2 Å². The Labute approximate surface area is 401 Å². The molecule has 0 aromatic rings. The first-order chi connectivity index (χ1) is 32.0. The Bertz CT molecular complexity index is 1270. The van der Waals surface area contributed by atoms with E-state index in [9.17, 15) is 14.4 Å². The molecule has 0 aliphatic carbocycles. The van der Waals surface area contributed by atoms with Gasteiger partial charge in [0.05, 0.1) is 0 Å². The topological polar surface area (TPSA) is 78.9 Å². The van der Waals surface area contributed by atoms with E-state index < -0.39 is 6.10 Å². The van der Waals surface area contributed by atoms with Crippen LogP contribution in [0.3, 0.4) is 0 Å². The number of carbonyl (C=O) groups excluding carboxylic acids is 3. The standard InChI is InChI=1S/C59H100O6/c1-4-7-10-13-16-19-22-24-26-27-28-29-30-31-33-34-37-40-43-46-49-52-58(61)64-55-56(54-63-57(60)51-48-45-42-39-36-21-18-15-12-9-6-3)65-59(62)53-50-47-44-41-38-35-32-25-23-20-17-14-11-8-5-2/h7-8,10-11,16-17,19-20,24-26,28-29,32,56H,4-6,9,12-15,18,21-23,27,30-31,33-55H2,1-3H3/b10-7-,11-8-,19-16-,20-17-,26-24-,29-28-,32-25-. The average Bonchev–Trinajstić information content (AvgIpc) is 3.30. The molecule has 0 bridgehead atoms.